The first kappa shape index (κ1) is 13.5. The van der Waals surface area contributed by atoms with Crippen LogP contribution in [-0.4, -0.2) is 49.4 Å². The maximum atomic E-state index is 11.9. The molecular formula is C11H12N2O6. The number of terminal acetylenes is 1. The minimum Gasteiger partial charge on any atom is -0.394 e. The molecule has 8 heteroatoms. The molecule has 1 saturated heterocycles. The van der Waals surface area contributed by atoms with Crippen LogP contribution < -0.4 is 11.2 Å². The van der Waals surface area contributed by atoms with E-state index in [1.165, 1.54) is 0 Å². The van der Waals surface area contributed by atoms with Gasteiger partial charge >= 0.3 is 5.69 Å². The Morgan fingerprint density at radius 1 is 1.37 bits per heavy atom. The van der Waals surface area contributed by atoms with E-state index in [2.05, 4.69) is 0 Å². The highest BCUT2D eigenvalue weighted by atomic mass is 16.6. The van der Waals surface area contributed by atoms with E-state index in [-0.39, 0.29) is 0 Å². The van der Waals surface area contributed by atoms with Crippen molar-refractivity contribution < 1.29 is 20.1 Å². The quantitative estimate of drug-likeness (QED) is 0.494. The average Bonchev–Trinajstić information content (AvgIpc) is 2.67. The Kier molecular flexibility index (Phi) is 3.55. The molecule has 2 unspecified atom stereocenters. The zero-order chi connectivity index (χ0) is 14.2. The van der Waals surface area contributed by atoms with E-state index in [0.717, 1.165) is 16.8 Å². The summed E-state index contributed by atoms with van der Waals surface area (Å²) in [6, 6.07) is 2.94. The summed E-state index contributed by atoms with van der Waals surface area (Å²) in [6.45, 7) is -0.516. The van der Waals surface area contributed by atoms with Crippen LogP contribution in [-0.2, 0) is 4.74 Å². The molecule has 102 valence electrons. The minimum absolute atomic E-state index is 0.509. The monoisotopic (exact) mass is 268 g/mol. The summed E-state index contributed by atoms with van der Waals surface area (Å²) in [4.78, 5) is 23.2. The van der Waals surface area contributed by atoms with Gasteiger partial charge in [0.2, 0.25) is 0 Å². The Hall–Kier alpha value is -1.92. The van der Waals surface area contributed by atoms with Crippen molar-refractivity contribution in [1.82, 2.24) is 9.13 Å². The van der Waals surface area contributed by atoms with Crippen molar-refractivity contribution >= 4 is 0 Å². The summed E-state index contributed by atoms with van der Waals surface area (Å²) >= 11 is 0. The third-order valence-corrected chi connectivity index (χ3v) is 2.93. The van der Waals surface area contributed by atoms with Crippen LogP contribution in [0.1, 0.15) is 6.23 Å². The first-order valence-electron chi connectivity index (χ1n) is 5.44. The molecule has 0 bridgehead atoms. The fourth-order valence-electron chi connectivity index (χ4n) is 1.91. The second kappa shape index (κ2) is 4.99. The SMILES string of the molecule is C#Cn1c(=O)ccn([C@H]2O[C@@H](CO)C(O)C2O)c1=O. The van der Waals surface area contributed by atoms with Crippen molar-refractivity contribution in [2.75, 3.05) is 6.61 Å². The Morgan fingerprint density at radius 3 is 2.58 bits per heavy atom. The standard InChI is InChI=1S/C11H12N2O6/c1-2-12-7(15)3-4-13(11(12)18)10-9(17)8(16)6(5-14)19-10/h1,3-4,6,8-10,14,16-17H,5H2/t6-,8?,9?,10-/m0/s1. The molecule has 8 nitrogen and oxygen atoms in total. The molecule has 0 radical (unpaired) electrons. The fourth-order valence-corrected chi connectivity index (χ4v) is 1.91. The zero-order valence-corrected chi connectivity index (χ0v) is 9.71. The van der Waals surface area contributed by atoms with Gasteiger partial charge in [0.25, 0.3) is 5.56 Å². The molecule has 3 N–H and O–H groups in total. The lowest BCUT2D eigenvalue weighted by Crippen LogP contribution is -2.41. The molecule has 0 aromatic carbocycles. The van der Waals surface area contributed by atoms with Gasteiger partial charge < -0.3 is 20.1 Å². The summed E-state index contributed by atoms with van der Waals surface area (Å²) < 4.78 is 6.57. The molecule has 1 aromatic heterocycles. The lowest BCUT2D eigenvalue weighted by atomic mass is 10.1. The van der Waals surface area contributed by atoms with Crippen LogP contribution in [0.4, 0.5) is 0 Å². The Bertz CT molecular complexity index is 627. The van der Waals surface area contributed by atoms with Crippen molar-refractivity contribution in [3.8, 4) is 12.5 Å². The van der Waals surface area contributed by atoms with E-state index in [4.69, 9.17) is 16.3 Å². The number of aliphatic hydroxyl groups is 3. The van der Waals surface area contributed by atoms with Crippen LogP contribution in [0.15, 0.2) is 21.9 Å². The molecule has 0 spiro atoms. The summed E-state index contributed by atoms with van der Waals surface area (Å²) in [6.07, 6.45) is 1.16. The second-order valence-electron chi connectivity index (χ2n) is 4.04. The van der Waals surface area contributed by atoms with Crippen LogP contribution in [0.5, 0.6) is 0 Å². The van der Waals surface area contributed by atoms with Gasteiger partial charge in [-0.2, -0.15) is 4.57 Å². The van der Waals surface area contributed by atoms with Crippen LogP contribution in [0.3, 0.4) is 0 Å². The number of rotatable bonds is 2. The summed E-state index contributed by atoms with van der Waals surface area (Å²) in [7, 11) is 0. The lowest BCUT2D eigenvalue weighted by molar-refractivity contribution is -0.0553. The second-order valence-corrected chi connectivity index (χ2v) is 4.04. The van der Waals surface area contributed by atoms with Crippen LogP contribution in [0, 0.1) is 12.5 Å². The van der Waals surface area contributed by atoms with E-state index >= 15 is 0 Å². The first-order valence-corrected chi connectivity index (χ1v) is 5.44. The number of hydrogen-bond acceptors (Lipinski definition) is 6. The van der Waals surface area contributed by atoms with Gasteiger partial charge in [-0.05, 0) is 0 Å². The van der Waals surface area contributed by atoms with Gasteiger partial charge in [0.05, 0.1) is 6.61 Å². The van der Waals surface area contributed by atoms with Gasteiger partial charge in [0.1, 0.15) is 18.3 Å². The minimum atomic E-state index is -1.42. The third-order valence-electron chi connectivity index (χ3n) is 2.93. The molecule has 1 aliphatic heterocycles. The largest absolute Gasteiger partial charge is 0.394 e. The van der Waals surface area contributed by atoms with Crippen molar-refractivity contribution in [3.05, 3.63) is 33.1 Å². The molecule has 1 aliphatic rings. The highest BCUT2D eigenvalue weighted by Crippen LogP contribution is 2.27. The Balaban J connectivity index is 2.48. The smallest absolute Gasteiger partial charge is 0.345 e. The maximum Gasteiger partial charge on any atom is 0.345 e. The molecule has 19 heavy (non-hydrogen) atoms. The molecule has 2 rings (SSSR count). The molecule has 1 aromatic rings. The normalized spacial score (nSPS) is 30.2. The molecular weight excluding hydrogens is 256 g/mol. The van der Waals surface area contributed by atoms with Gasteiger partial charge in [-0.1, -0.05) is 6.42 Å². The predicted octanol–water partition coefficient (Wildman–Crippen LogP) is -2.94. The molecule has 1 fully saturated rings. The van der Waals surface area contributed by atoms with Crippen molar-refractivity contribution in [2.45, 2.75) is 24.5 Å². The number of nitrogens with zero attached hydrogens (tertiary/aromatic N) is 2. The third kappa shape index (κ3) is 2.09. The molecule has 0 aliphatic carbocycles. The van der Waals surface area contributed by atoms with Gasteiger partial charge in [0.15, 0.2) is 6.23 Å². The van der Waals surface area contributed by atoms with Crippen LogP contribution in [0.2, 0.25) is 0 Å². The fraction of sp³-hybridized carbons (Fsp3) is 0.455. The number of aliphatic hydroxyl groups excluding tert-OH is 3. The van der Waals surface area contributed by atoms with E-state index in [1.807, 2.05) is 6.04 Å². The summed E-state index contributed by atoms with van der Waals surface area (Å²) in [5.41, 5.74) is -1.56. The molecule has 4 atom stereocenters. The number of aromatic nitrogens is 2. The van der Waals surface area contributed by atoms with E-state index in [9.17, 15) is 19.8 Å². The van der Waals surface area contributed by atoms with E-state index in [0.29, 0.717) is 4.57 Å². The van der Waals surface area contributed by atoms with Gasteiger partial charge in [-0.3, -0.25) is 9.36 Å². The van der Waals surface area contributed by atoms with Crippen molar-refractivity contribution in [2.24, 2.45) is 0 Å². The van der Waals surface area contributed by atoms with Crippen LogP contribution in [0.25, 0.3) is 0 Å². The molecule has 2 heterocycles. The number of hydrogen-bond donors (Lipinski definition) is 3. The molecule has 0 amide bonds. The van der Waals surface area contributed by atoms with Crippen LogP contribution >= 0.6 is 0 Å². The maximum absolute atomic E-state index is 11.9. The summed E-state index contributed by atoms with van der Waals surface area (Å²) in [5, 5.41) is 28.3. The highest BCUT2D eigenvalue weighted by Gasteiger charge is 2.43. The van der Waals surface area contributed by atoms with Crippen molar-refractivity contribution in [1.29, 1.82) is 0 Å². The molecule has 0 saturated carbocycles. The number of ether oxygens (including phenoxy) is 1. The van der Waals surface area contributed by atoms with Crippen molar-refractivity contribution in [3.63, 3.8) is 0 Å². The van der Waals surface area contributed by atoms with E-state index < -0.39 is 42.4 Å². The lowest BCUT2D eigenvalue weighted by Gasteiger charge is -2.17. The van der Waals surface area contributed by atoms with Gasteiger partial charge in [0, 0.05) is 18.3 Å². The highest BCUT2D eigenvalue weighted by molar-refractivity contribution is 5.00. The zero-order valence-electron chi connectivity index (χ0n) is 9.71. The Labute approximate surface area is 107 Å². The Morgan fingerprint density at radius 2 is 2.05 bits per heavy atom. The summed E-state index contributed by atoms with van der Waals surface area (Å²) in [5.74, 6) is 0. The van der Waals surface area contributed by atoms with Gasteiger partial charge in [-0.15, -0.1) is 0 Å². The topological polar surface area (TPSA) is 114 Å². The van der Waals surface area contributed by atoms with Gasteiger partial charge in [-0.25, -0.2) is 4.79 Å². The van der Waals surface area contributed by atoms with E-state index in [1.54, 1.807) is 0 Å². The average molecular weight is 268 g/mol. The first-order chi connectivity index (χ1) is 9.01. The predicted molar refractivity (Wildman–Crippen MR) is 62.2 cm³/mol.